The summed E-state index contributed by atoms with van der Waals surface area (Å²) in [6.45, 7) is 0.377. The smallest absolute Gasteiger partial charge is 0.284 e. The Balaban J connectivity index is 2.80. The molecule has 0 fully saturated rings. The van der Waals surface area contributed by atoms with Crippen molar-refractivity contribution in [3.63, 3.8) is 0 Å². The van der Waals surface area contributed by atoms with Crippen LogP contribution in [0.25, 0.3) is 0 Å². The van der Waals surface area contributed by atoms with Crippen LogP contribution in [0.1, 0.15) is 0 Å². The molecule has 0 aromatic rings. The molecule has 1 rings (SSSR count). The average molecular weight is 111 g/mol. The van der Waals surface area contributed by atoms with E-state index >= 15 is 0 Å². The van der Waals surface area contributed by atoms with E-state index < -0.39 is 0 Å². The molecule has 3 nitrogen and oxygen atoms in total. The maximum Gasteiger partial charge on any atom is 0.311 e. The fraction of sp³-hybridized carbons (Fsp3) is 0.200. The summed E-state index contributed by atoms with van der Waals surface area (Å²) in [6, 6.07) is 0. The van der Waals surface area contributed by atoms with E-state index in [1.54, 1.807) is 18.2 Å². The topological polar surface area (TPSA) is 46.1 Å². The van der Waals surface area contributed by atoms with Crippen molar-refractivity contribution in [3.05, 3.63) is 29.0 Å². The molecular formula is C5H7N2O+. The standard InChI is InChI=1S/C5H7N2O/c6-5-3-1-2-4-7(5)8/h1-3H,4,6H2/q+1. The van der Waals surface area contributed by atoms with Gasteiger partial charge in [0.2, 0.25) is 0 Å². The molecular weight excluding hydrogens is 104 g/mol. The second-order valence-electron chi connectivity index (χ2n) is 1.58. The lowest BCUT2D eigenvalue weighted by molar-refractivity contribution is -0.490. The summed E-state index contributed by atoms with van der Waals surface area (Å²) in [5.74, 6) is 0.285. The molecule has 0 aromatic heterocycles. The van der Waals surface area contributed by atoms with Gasteiger partial charge in [0.05, 0.1) is 0 Å². The molecule has 0 aliphatic carbocycles. The number of rotatable bonds is 0. The molecule has 0 saturated carbocycles. The van der Waals surface area contributed by atoms with Crippen LogP contribution in [0, 0.1) is 4.91 Å². The van der Waals surface area contributed by atoms with Crippen molar-refractivity contribution >= 4 is 0 Å². The molecule has 1 aliphatic rings. The van der Waals surface area contributed by atoms with Crippen molar-refractivity contribution in [2.24, 2.45) is 5.73 Å². The summed E-state index contributed by atoms with van der Waals surface area (Å²) in [4.78, 5) is 10.5. The van der Waals surface area contributed by atoms with Gasteiger partial charge in [-0.3, -0.25) is 5.73 Å². The van der Waals surface area contributed by atoms with E-state index in [1.807, 2.05) is 0 Å². The van der Waals surface area contributed by atoms with Crippen molar-refractivity contribution in [3.8, 4) is 0 Å². The van der Waals surface area contributed by atoms with Gasteiger partial charge >= 0.3 is 5.82 Å². The van der Waals surface area contributed by atoms with Gasteiger partial charge in [0.15, 0.2) is 6.54 Å². The second kappa shape index (κ2) is 1.78. The van der Waals surface area contributed by atoms with Crippen LogP contribution < -0.4 is 5.73 Å². The highest BCUT2D eigenvalue weighted by atomic mass is 16.3. The highest BCUT2D eigenvalue weighted by molar-refractivity contribution is 5.07. The summed E-state index contributed by atoms with van der Waals surface area (Å²) >= 11 is 0. The number of nitrogens with two attached hydrogens (primary N) is 1. The first-order valence-electron chi connectivity index (χ1n) is 2.37. The van der Waals surface area contributed by atoms with Crippen molar-refractivity contribution < 1.29 is 4.76 Å². The summed E-state index contributed by atoms with van der Waals surface area (Å²) in [5, 5.41) is 0. The number of hydrogen-bond acceptors (Lipinski definition) is 2. The lowest BCUT2D eigenvalue weighted by atomic mass is 10.4. The number of nitroso groups, excluding NO2 is 1. The Kier molecular flexibility index (Phi) is 1.12. The van der Waals surface area contributed by atoms with Gasteiger partial charge < -0.3 is 0 Å². The first-order valence-corrected chi connectivity index (χ1v) is 2.37. The van der Waals surface area contributed by atoms with E-state index in [-0.39, 0.29) is 5.82 Å². The van der Waals surface area contributed by atoms with E-state index in [1.165, 1.54) is 0 Å². The van der Waals surface area contributed by atoms with Crippen LogP contribution in [0.4, 0.5) is 0 Å². The summed E-state index contributed by atoms with van der Waals surface area (Å²) in [7, 11) is 0. The van der Waals surface area contributed by atoms with Crippen LogP contribution in [-0.2, 0) is 0 Å². The Hall–Kier alpha value is -1.12. The van der Waals surface area contributed by atoms with Crippen LogP contribution in [0.15, 0.2) is 24.0 Å². The van der Waals surface area contributed by atoms with Crippen molar-refractivity contribution in [2.45, 2.75) is 0 Å². The molecule has 0 saturated heterocycles. The molecule has 8 heavy (non-hydrogen) atoms. The molecule has 0 unspecified atom stereocenters. The van der Waals surface area contributed by atoms with Gasteiger partial charge in [-0.2, -0.15) is 0 Å². The third-order valence-corrected chi connectivity index (χ3v) is 0.962. The quantitative estimate of drug-likeness (QED) is 0.452. The second-order valence-corrected chi connectivity index (χ2v) is 1.58. The Morgan fingerprint density at radius 3 is 2.88 bits per heavy atom. The van der Waals surface area contributed by atoms with Crippen LogP contribution in [0.3, 0.4) is 0 Å². The lowest BCUT2D eigenvalue weighted by Gasteiger charge is -1.93. The zero-order chi connectivity index (χ0) is 5.98. The van der Waals surface area contributed by atoms with Gasteiger partial charge in [0, 0.05) is 6.08 Å². The molecule has 0 aromatic carbocycles. The van der Waals surface area contributed by atoms with Crippen molar-refractivity contribution in [2.75, 3.05) is 6.54 Å². The van der Waals surface area contributed by atoms with E-state index in [0.29, 0.717) is 6.54 Å². The van der Waals surface area contributed by atoms with Crippen LogP contribution in [0.5, 0.6) is 0 Å². The first kappa shape index (κ1) is 5.03. The van der Waals surface area contributed by atoms with Gasteiger partial charge in [0.1, 0.15) is 0 Å². The average Bonchev–Trinajstić information content (AvgIpc) is 1.77. The van der Waals surface area contributed by atoms with Crippen molar-refractivity contribution in [1.29, 1.82) is 0 Å². The zero-order valence-corrected chi connectivity index (χ0v) is 4.37. The fourth-order valence-electron chi connectivity index (χ4n) is 0.512. The molecule has 0 atom stereocenters. The Morgan fingerprint density at radius 1 is 1.75 bits per heavy atom. The van der Waals surface area contributed by atoms with E-state index in [0.717, 1.165) is 4.76 Å². The minimum atomic E-state index is 0.285. The molecule has 42 valence electrons. The normalized spacial score (nSPS) is 18.5. The van der Waals surface area contributed by atoms with Gasteiger partial charge in [-0.05, 0) is 10.8 Å². The predicted molar refractivity (Wildman–Crippen MR) is 29.9 cm³/mol. The zero-order valence-electron chi connectivity index (χ0n) is 4.37. The molecule has 1 aliphatic heterocycles. The highest BCUT2D eigenvalue weighted by Gasteiger charge is 2.08. The summed E-state index contributed by atoms with van der Waals surface area (Å²) in [5.41, 5.74) is 5.20. The minimum Gasteiger partial charge on any atom is -0.284 e. The maximum absolute atomic E-state index is 10.5. The number of allylic oxidation sites excluding steroid dienone is 2. The van der Waals surface area contributed by atoms with Crippen LogP contribution in [-0.4, -0.2) is 11.3 Å². The highest BCUT2D eigenvalue weighted by Crippen LogP contribution is 1.94. The third kappa shape index (κ3) is 0.753. The van der Waals surface area contributed by atoms with Gasteiger partial charge in [-0.25, -0.2) is 0 Å². The molecule has 3 heteroatoms. The molecule has 1 heterocycles. The van der Waals surface area contributed by atoms with Gasteiger partial charge in [0.25, 0.3) is 0 Å². The van der Waals surface area contributed by atoms with Crippen LogP contribution in [0.2, 0.25) is 0 Å². The largest absolute Gasteiger partial charge is 0.311 e. The van der Waals surface area contributed by atoms with Gasteiger partial charge in [-0.1, -0.05) is 11.0 Å². The lowest BCUT2D eigenvalue weighted by Crippen LogP contribution is -2.16. The molecule has 0 amide bonds. The number of nitrogens with zero attached hydrogens (tertiary/aromatic N) is 1. The fourth-order valence-corrected chi connectivity index (χ4v) is 0.512. The number of hydrogen-bond donors (Lipinski definition) is 1. The molecule has 0 spiro atoms. The van der Waals surface area contributed by atoms with Gasteiger partial charge in [-0.15, -0.1) is 0 Å². The van der Waals surface area contributed by atoms with Crippen LogP contribution >= 0.6 is 0 Å². The summed E-state index contributed by atoms with van der Waals surface area (Å²) in [6.07, 6.45) is 5.10. The Bertz CT molecular complexity index is 169. The molecule has 0 bridgehead atoms. The minimum absolute atomic E-state index is 0.285. The van der Waals surface area contributed by atoms with E-state index in [2.05, 4.69) is 0 Å². The monoisotopic (exact) mass is 111 g/mol. The molecule has 0 radical (unpaired) electrons. The Morgan fingerprint density at radius 2 is 2.50 bits per heavy atom. The third-order valence-electron chi connectivity index (χ3n) is 0.962. The van der Waals surface area contributed by atoms with E-state index in [9.17, 15) is 4.91 Å². The van der Waals surface area contributed by atoms with E-state index in [4.69, 9.17) is 5.73 Å². The van der Waals surface area contributed by atoms with Crippen molar-refractivity contribution in [1.82, 2.24) is 0 Å². The SMILES string of the molecule is NC1=CC=CC[N+]1=O. The predicted octanol–water partition coefficient (Wildman–Crippen LogP) is 0.135. The molecule has 2 N–H and O–H groups in total. The Labute approximate surface area is 47.1 Å². The summed E-state index contributed by atoms with van der Waals surface area (Å²) < 4.78 is 0.736. The maximum atomic E-state index is 10.5. The first-order chi connectivity index (χ1) is 3.80.